The summed E-state index contributed by atoms with van der Waals surface area (Å²) < 4.78 is 48.3. The first kappa shape index (κ1) is 13.4. The van der Waals surface area contributed by atoms with Crippen LogP contribution in [-0.4, -0.2) is 26.5 Å². The summed E-state index contributed by atoms with van der Waals surface area (Å²) in [5.74, 6) is -0.648. The van der Waals surface area contributed by atoms with Crippen LogP contribution in [0.1, 0.15) is 12.0 Å². The lowest BCUT2D eigenvalue weighted by atomic mass is 10.1. The van der Waals surface area contributed by atoms with Gasteiger partial charge in [0.25, 0.3) is 0 Å². The van der Waals surface area contributed by atoms with E-state index in [-0.39, 0.29) is 17.4 Å². The normalized spacial score (nSPS) is 22.2. The molecular formula is C12H15F2NO2S. The van der Waals surface area contributed by atoms with Crippen LogP contribution in [0, 0.1) is 17.6 Å². The van der Waals surface area contributed by atoms with E-state index in [4.69, 9.17) is 0 Å². The number of halogens is 2. The smallest absolute Gasteiger partial charge is 0.150 e. The van der Waals surface area contributed by atoms with Gasteiger partial charge in [0.05, 0.1) is 11.5 Å². The van der Waals surface area contributed by atoms with Crippen LogP contribution in [0.3, 0.4) is 0 Å². The van der Waals surface area contributed by atoms with Crippen molar-refractivity contribution in [2.24, 2.45) is 5.92 Å². The Hall–Kier alpha value is -1.01. The van der Waals surface area contributed by atoms with Crippen molar-refractivity contribution in [2.75, 3.05) is 18.1 Å². The molecule has 2 rings (SSSR count). The zero-order chi connectivity index (χ0) is 13.2. The summed E-state index contributed by atoms with van der Waals surface area (Å²) >= 11 is 0. The molecule has 1 saturated heterocycles. The summed E-state index contributed by atoms with van der Waals surface area (Å²) in [4.78, 5) is 0. The van der Waals surface area contributed by atoms with Crippen molar-refractivity contribution in [1.82, 2.24) is 5.32 Å². The number of rotatable bonds is 4. The number of benzene rings is 1. The van der Waals surface area contributed by atoms with Crippen molar-refractivity contribution >= 4 is 9.84 Å². The molecule has 1 aromatic rings. The van der Waals surface area contributed by atoms with Crippen molar-refractivity contribution in [3.05, 3.63) is 35.4 Å². The number of hydrogen-bond acceptors (Lipinski definition) is 3. The highest BCUT2D eigenvalue weighted by Gasteiger charge is 2.27. The molecule has 0 aliphatic carbocycles. The first-order valence-electron chi connectivity index (χ1n) is 5.81. The maximum absolute atomic E-state index is 12.9. The summed E-state index contributed by atoms with van der Waals surface area (Å²) in [7, 11) is -2.86. The van der Waals surface area contributed by atoms with E-state index in [1.165, 1.54) is 12.1 Å². The van der Waals surface area contributed by atoms with Crippen molar-refractivity contribution in [1.29, 1.82) is 0 Å². The molecule has 1 heterocycles. The lowest BCUT2D eigenvalue weighted by Gasteiger charge is -2.09. The van der Waals surface area contributed by atoms with Gasteiger partial charge in [0.15, 0.2) is 9.84 Å². The number of nitrogens with one attached hydrogen (secondary N) is 1. The summed E-state index contributed by atoms with van der Waals surface area (Å²) in [6, 6.07) is 3.36. The summed E-state index contributed by atoms with van der Waals surface area (Å²) in [6.07, 6.45) is 0.660. The molecule has 1 atom stereocenters. The Balaban J connectivity index is 1.82. The zero-order valence-corrected chi connectivity index (χ0v) is 10.6. The molecule has 0 aromatic heterocycles. The number of hydrogen-bond donors (Lipinski definition) is 1. The van der Waals surface area contributed by atoms with E-state index in [0.717, 1.165) is 6.07 Å². The van der Waals surface area contributed by atoms with E-state index in [0.29, 0.717) is 25.1 Å². The lowest BCUT2D eigenvalue weighted by molar-refractivity contribution is 0.517. The van der Waals surface area contributed by atoms with Gasteiger partial charge in [-0.1, -0.05) is 0 Å². The van der Waals surface area contributed by atoms with Gasteiger partial charge in [0, 0.05) is 12.6 Å². The minimum Gasteiger partial charge on any atom is -0.312 e. The van der Waals surface area contributed by atoms with E-state index < -0.39 is 21.5 Å². The molecule has 6 heteroatoms. The quantitative estimate of drug-likeness (QED) is 0.905. The molecule has 0 radical (unpaired) electrons. The monoisotopic (exact) mass is 275 g/mol. The predicted molar refractivity (Wildman–Crippen MR) is 64.8 cm³/mol. The van der Waals surface area contributed by atoms with E-state index in [9.17, 15) is 17.2 Å². The SMILES string of the molecule is O=S1(=O)CCC(CNCc2cc(F)cc(F)c2)C1. The molecule has 0 saturated carbocycles. The van der Waals surface area contributed by atoms with Gasteiger partial charge >= 0.3 is 0 Å². The molecule has 0 amide bonds. The highest BCUT2D eigenvalue weighted by molar-refractivity contribution is 7.91. The minimum absolute atomic E-state index is 0.105. The number of sulfone groups is 1. The molecular weight excluding hydrogens is 260 g/mol. The largest absolute Gasteiger partial charge is 0.312 e. The molecule has 1 aromatic carbocycles. The summed E-state index contributed by atoms with van der Waals surface area (Å²) in [6.45, 7) is 0.891. The molecule has 18 heavy (non-hydrogen) atoms. The second kappa shape index (κ2) is 5.32. The second-order valence-electron chi connectivity index (χ2n) is 4.68. The maximum atomic E-state index is 12.9. The van der Waals surface area contributed by atoms with Gasteiger partial charge < -0.3 is 5.32 Å². The topological polar surface area (TPSA) is 46.2 Å². The second-order valence-corrected chi connectivity index (χ2v) is 6.91. The molecule has 1 aliphatic rings. The average Bonchev–Trinajstić information content (AvgIpc) is 2.57. The van der Waals surface area contributed by atoms with E-state index in [1.807, 2.05) is 0 Å². The molecule has 0 bridgehead atoms. The first-order chi connectivity index (χ1) is 8.44. The van der Waals surface area contributed by atoms with Crippen LogP contribution >= 0.6 is 0 Å². The Morgan fingerprint density at radius 2 is 1.89 bits per heavy atom. The molecule has 1 N–H and O–H groups in total. The lowest BCUT2D eigenvalue weighted by Crippen LogP contribution is -2.23. The van der Waals surface area contributed by atoms with Gasteiger partial charge in [-0.3, -0.25) is 0 Å². The third-order valence-electron chi connectivity index (χ3n) is 3.01. The Morgan fingerprint density at radius 1 is 1.22 bits per heavy atom. The molecule has 100 valence electrons. The van der Waals surface area contributed by atoms with Crippen LogP contribution in [0.4, 0.5) is 8.78 Å². The van der Waals surface area contributed by atoms with E-state index in [2.05, 4.69) is 5.32 Å². The molecule has 1 aliphatic heterocycles. The van der Waals surface area contributed by atoms with Gasteiger partial charge in [0.1, 0.15) is 11.6 Å². The Labute approximate surface area is 105 Å². The van der Waals surface area contributed by atoms with Crippen LogP contribution in [0.25, 0.3) is 0 Å². The maximum Gasteiger partial charge on any atom is 0.150 e. The molecule has 1 fully saturated rings. The van der Waals surface area contributed by atoms with E-state index in [1.54, 1.807) is 0 Å². The summed E-state index contributed by atoms with van der Waals surface area (Å²) in [5.41, 5.74) is 0.522. The molecule has 0 spiro atoms. The van der Waals surface area contributed by atoms with Crippen LogP contribution < -0.4 is 5.32 Å². The highest BCUT2D eigenvalue weighted by Crippen LogP contribution is 2.17. The van der Waals surface area contributed by atoms with Crippen LogP contribution in [0.15, 0.2) is 18.2 Å². The fraction of sp³-hybridized carbons (Fsp3) is 0.500. The van der Waals surface area contributed by atoms with Crippen molar-refractivity contribution < 1.29 is 17.2 Å². The third-order valence-corrected chi connectivity index (χ3v) is 4.85. The fourth-order valence-electron chi connectivity index (χ4n) is 2.17. The average molecular weight is 275 g/mol. The Bertz CT molecular complexity index is 511. The highest BCUT2D eigenvalue weighted by atomic mass is 32.2. The van der Waals surface area contributed by atoms with Crippen molar-refractivity contribution in [3.8, 4) is 0 Å². The van der Waals surface area contributed by atoms with Crippen LogP contribution in [0.2, 0.25) is 0 Å². The fourth-order valence-corrected chi connectivity index (χ4v) is 4.03. The Morgan fingerprint density at radius 3 is 2.44 bits per heavy atom. The van der Waals surface area contributed by atoms with Gasteiger partial charge in [-0.15, -0.1) is 0 Å². The minimum atomic E-state index is -2.86. The summed E-state index contributed by atoms with van der Waals surface area (Å²) in [5, 5.41) is 3.04. The van der Waals surface area contributed by atoms with Gasteiger partial charge in [0.2, 0.25) is 0 Å². The van der Waals surface area contributed by atoms with Gasteiger partial charge in [-0.2, -0.15) is 0 Å². The molecule has 3 nitrogen and oxygen atoms in total. The third kappa shape index (κ3) is 3.74. The van der Waals surface area contributed by atoms with Crippen molar-refractivity contribution in [2.45, 2.75) is 13.0 Å². The van der Waals surface area contributed by atoms with Crippen LogP contribution in [0.5, 0.6) is 0 Å². The van der Waals surface area contributed by atoms with E-state index >= 15 is 0 Å². The molecule has 1 unspecified atom stereocenters. The van der Waals surface area contributed by atoms with Gasteiger partial charge in [-0.05, 0) is 36.6 Å². The predicted octanol–water partition coefficient (Wildman–Crippen LogP) is 1.49. The first-order valence-corrected chi connectivity index (χ1v) is 7.63. The Kier molecular flexibility index (Phi) is 3.97. The van der Waals surface area contributed by atoms with Gasteiger partial charge in [-0.25, -0.2) is 17.2 Å². The van der Waals surface area contributed by atoms with Crippen molar-refractivity contribution in [3.63, 3.8) is 0 Å². The zero-order valence-electron chi connectivity index (χ0n) is 9.83. The standard InChI is InChI=1S/C12H15F2NO2S/c13-11-3-10(4-12(14)5-11)7-15-6-9-1-2-18(16,17)8-9/h3-5,9,15H,1-2,6-8H2. The van der Waals surface area contributed by atoms with Crippen LogP contribution in [-0.2, 0) is 16.4 Å².